The van der Waals surface area contributed by atoms with Crippen molar-refractivity contribution in [3.05, 3.63) is 33.2 Å². The Balaban J connectivity index is 2.06. The molecule has 0 spiro atoms. The molecule has 1 unspecified atom stereocenters. The van der Waals surface area contributed by atoms with Crippen molar-refractivity contribution in [1.82, 2.24) is 9.47 Å². The predicted molar refractivity (Wildman–Crippen MR) is 86.2 cm³/mol. The number of hydrogen-bond acceptors (Lipinski definition) is 4. The fourth-order valence-corrected chi connectivity index (χ4v) is 2.83. The summed E-state index contributed by atoms with van der Waals surface area (Å²) in [4.78, 5) is 36.5. The van der Waals surface area contributed by atoms with Gasteiger partial charge in [-0.3, -0.25) is 14.4 Å². The van der Waals surface area contributed by atoms with E-state index >= 15 is 0 Å². The van der Waals surface area contributed by atoms with Crippen LogP contribution >= 0.6 is 15.9 Å². The van der Waals surface area contributed by atoms with Gasteiger partial charge in [-0.15, -0.1) is 0 Å². The van der Waals surface area contributed by atoms with Gasteiger partial charge < -0.3 is 19.3 Å². The van der Waals surface area contributed by atoms with E-state index < -0.39 is 5.97 Å². The van der Waals surface area contributed by atoms with Gasteiger partial charge in [-0.25, -0.2) is 0 Å². The van der Waals surface area contributed by atoms with Crippen molar-refractivity contribution < 1.29 is 19.4 Å². The lowest BCUT2D eigenvalue weighted by atomic mass is 10.2. The second kappa shape index (κ2) is 8.26. The maximum atomic E-state index is 12.5. The molecule has 1 amide bonds. The molecular formula is C15H19BrN2O5. The first-order chi connectivity index (χ1) is 11.0. The van der Waals surface area contributed by atoms with Crippen LogP contribution in [0.15, 0.2) is 27.6 Å². The quantitative estimate of drug-likeness (QED) is 0.757. The van der Waals surface area contributed by atoms with E-state index in [1.807, 2.05) is 0 Å². The lowest BCUT2D eigenvalue weighted by Crippen LogP contribution is -2.41. The average Bonchev–Trinajstić information content (AvgIpc) is 3.00. The van der Waals surface area contributed by atoms with Gasteiger partial charge in [0, 0.05) is 36.4 Å². The number of ether oxygens (including phenoxy) is 1. The topological polar surface area (TPSA) is 88.8 Å². The van der Waals surface area contributed by atoms with E-state index in [9.17, 15) is 14.4 Å². The smallest absolute Gasteiger partial charge is 0.305 e. The highest BCUT2D eigenvalue weighted by molar-refractivity contribution is 9.10. The molecule has 8 heteroatoms. The van der Waals surface area contributed by atoms with Crippen LogP contribution in [0.3, 0.4) is 0 Å². The minimum atomic E-state index is -0.963. The Kier molecular flexibility index (Phi) is 6.35. The summed E-state index contributed by atoms with van der Waals surface area (Å²) in [5, 5.41) is 8.84. The number of carboxylic acid groups (broad SMARTS) is 1. The summed E-state index contributed by atoms with van der Waals surface area (Å²) >= 11 is 3.26. The molecule has 0 saturated carbocycles. The summed E-state index contributed by atoms with van der Waals surface area (Å²) in [5.74, 6) is -1.25. The molecule has 1 atom stereocenters. The molecule has 0 aliphatic carbocycles. The van der Waals surface area contributed by atoms with Crippen molar-refractivity contribution in [3.63, 3.8) is 0 Å². The van der Waals surface area contributed by atoms with Crippen LogP contribution in [0.1, 0.15) is 19.3 Å². The molecule has 1 N–H and O–H groups in total. The number of aliphatic carboxylic acids is 1. The highest BCUT2D eigenvalue weighted by Gasteiger charge is 2.23. The third-order valence-corrected chi connectivity index (χ3v) is 4.12. The molecule has 1 aromatic heterocycles. The summed E-state index contributed by atoms with van der Waals surface area (Å²) in [6.45, 7) is 1.01. The average molecular weight is 387 g/mol. The van der Waals surface area contributed by atoms with Crippen molar-refractivity contribution in [2.75, 3.05) is 19.7 Å². The molecule has 7 nitrogen and oxygen atoms in total. The number of halogens is 1. The first-order valence-corrected chi connectivity index (χ1v) is 8.22. The van der Waals surface area contributed by atoms with Crippen LogP contribution in [0.4, 0.5) is 0 Å². The molecule has 23 heavy (non-hydrogen) atoms. The van der Waals surface area contributed by atoms with Crippen molar-refractivity contribution in [3.8, 4) is 0 Å². The van der Waals surface area contributed by atoms with Gasteiger partial charge in [0.25, 0.3) is 5.56 Å². The zero-order chi connectivity index (χ0) is 16.8. The van der Waals surface area contributed by atoms with Gasteiger partial charge in [-0.2, -0.15) is 0 Å². The van der Waals surface area contributed by atoms with Crippen molar-refractivity contribution in [2.45, 2.75) is 31.9 Å². The molecule has 0 aromatic carbocycles. The highest BCUT2D eigenvalue weighted by Crippen LogP contribution is 2.14. The third-order valence-electron chi connectivity index (χ3n) is 3.65. The monoisotopic (exact) mass is 386 g/mol. The molecule has 0 bridgehead atoms. The van der Waals surface area contributed by atoms with Gasteiger partial charge >= 0.3 is 5.97 Å². The van der Waals surface area contributed by atoms with Crippen LogP contribution in [-0.4, -0.2) is 52.3 Å². The summed E-state index contributed by atoms with van der Waals surface area (Å²) < 4.78 is 7.51. The number of pyridine rings is 1. The summed E-state index contributed by atoms with van der Waals surface area (Å²) in [6.07, 6.45) is 3.14. The molecular weight excluding hydrogens is 368 g/mol. The van der Waals surface area contributed by atoms with E-state index in [-0.39, 0.29) is 37.1 Å². The van der Waals surface area contributed by atoms with E-state index in [1.54, 1.807) is 12.3 Å². The number of carbonyl (C=O) groups excluding carboxylic acids is 1. The number of carbonyl (C=O) groups is 2. The largest absolute Gasteiger partial charge is 0.481 e. The maximum absolute atomic E-state index is 12.5. The summed E-state index contributed by atoms with van der Waals surface area (Å²) in [7, 11) is 0. The first-order valence-electron chi connectivity index (χ1n) is 7.43. The van der Waals surface area contributed by atoms with Gasteiger partial charge in [0.1, 0.15) is 6.54 Å². The zero-order valence-corrected chi connectivity index (χ0v) is 14.2. The number of hydrogen-bond donors (Lipinski definition) is 1. The first kappa shape index (κ1) is 17.7. The van der Waals surface area contributed by atoms with E-state index in [0.29, 0.717) is 17.6 Å². The fraction of sp³-hybridized carbons (Fsp3) is 0.533. The second-order valence-electron chi connectivity index (χ2n) is 5.43. The normalized spacial score (nSPS) is 17.2. The molecule has 126 valence electrons. The van der Waals surface area contributed by atoms with Gasteiger partial charge in [0.15, 0.2) is 0 Å². The fourth-order valence-electron chi connectivity index (χ4n) is 2.45. The maximum Gasteiger partial charge on any atom is 0.305 e. The van der Waals surface area contributed by atoms with Crippen LogP contribution < -0.4 is 5.56 Å². The van der Waals surface area contributed by atoms with Crippen LogP contribution in [0.2, 0.25) is 0 Å². The number of rotatable bonds is 7. The minimum absolute atomic E-state index is 0.0630. The Morgan fingerprint density at radius 3 is 2.87 bits per heavy atom. The zero-order valence-electron chi connectivity index (χ0n) is 12.6. The molecule has 1 fully saturated rings. The lowest BCUT2D eigenvalue weighted by molar-refractivity contribution is -0.139. The van der Waals surface area contributed by atoms with E-state index in [2.05, 4.69) is 15.9 Å². The minimum Gasteiger partial charge on any atom is -0.481 e. The molecule has 2 heterocycles. The second-order valence-corrected chi connectivity index (χ2v) is 6.35. The lowest BCUT2D eigenvalue weighted by Gasteiger charge is -2.25. The highest BCUT2D eigenvalue weighted by atomic mass is 79.9. The number of aromatic nitrogens is 1. The van der Waals surface area contributed by atoms with E-state index in [0.717, 1.165) is 12.8 Å². The van der Waals surface area contributed by atoms with Crippen LogP contribution in [0.25, 0.3) is 0 Å². The molecule has 1 aromatic rings. The summed E-state index contributed by atoms with van der Waals surface area (Å²) in [6, 6.07) is 2.98. The number of amides is 1. The van der Waals surface area contributed by atoms with E-state index in [4.69, 9.17) is 9.84 Å². The van der Waals surface area contributed by atoms with Gasteiger partial charge in [-0.05, 0) is 34.8 Å². The van der Waals surface area contributed by atoms with Crippen LogP contribution in [-0.2, 0) is 20.9 Å². The van der Waals surface area contributed by atoms with Gasteiger partial charge in [-0.1, -0.05) is 0 Å². The number of nitrogens with zero attached hydrogens (tertiary/aromatic N) is 2. The van der Waals surface area contributed by atoms with Crippen molar-refractivity contribution in [2.24, 2.45) is 0 Å². The molecule has 0 radical (unpaired) electrons. The van der Waals surface area contributed by atoms with Gasteiger partial charge in [0.2, 0.25) is 5.91 Å². The third kappa shape index (κ3) is 5.47. The Labute approximate surface area is 142 Å². The Bertz CT molecular complexity index is 625. The molecule has 1 saturated heterocycles. The Morgan fingerprint density at radius 1 is 1.43 bits per heavy atom. The van der Waals surface area contributed by atoms with Crippen molar-refractivity contribution in [1.29, 1.82) is 0 Å². The van der Waals surface area contributed by atoms with Crippen molar-refractivity contribution >= 4 is 27.8 Å². The Morgan fingerprint density at radius 2 is 2.22 bits per heavy atom. The molecule has 1 aliphatic rings. The van der Waals surface area contributed by atoms with E-state index in [1.165, 1.54) is 15.5 Å². The summed E-state index contributed by atoms with van der Waals surface area (Å²) in [5.41, 5.74) is -0.281. The number of carboxylic acids is 1. The SMILES string of the molecule is O=C(O)CCN(CC1CCCO1)C(=O)Cn1cc(Br)ccc1=O. The predicted octanol–water partition coefficient (Wildman–Crippen LogP) is 1.09. The molecule has 1 aliphatic heterocycles. The van der Waals surface area contributed by atoms with Gasteiger partial charge in [0.05, 0.1) is 12.5 Å². The Hall–Kier alpha value is -1.67. The van der Waals surface area contributed by atoms with Crippen LogP contribution in [0, 0.1) is 0 Å². The standard InChI is InChI=1S/C15H19BrN2O5/c16-11-3-4-13(19)18(8-11)10-14(20)17(6-5-15(21)22)9-12-2-1-7-23-12/h3-4,8,12H,1-2,5-7,9-10H2,(H,21,22). The van der Waals surface area contributed by atoms with Crippen LogP contribution in [0.5, 0.6) is 0 Å². The molecule has 2 rings (SSSR count).